The third-order valence-electron chi connectivity index (χ3n) is 7.10. The lowest BCUT2D eigenvalue weighted by atomic mass is 9.88. The van der Waals surface area contributed by atoms with E-state index in [9.17, 15) is 8.78 Å². The van der Waals surface area contributed by atoms with Crippen LogP contribution in [0.4, 0.5) is 17.6 Å². The average molecular weight is 485 g/mol. The van der Waals surface area contributed by atoms with Crippen molar-refractivity contribution in [3.8, 4) is 22.3 Å². The van der Waals surface area contributed by atoms with Gasteiger partial charge in [-0.25, -0.2) is 17.6 Å². The quantitative estimate of drug-likeness (QED) is 0.229. The highest BCUT2D eigenvalue weighted by atomic mass is 19.2. The van der Waals surface area contributed by atoms with E-state index in [0.29, 0.717) is 35.3 Å². The Labute approximate surface area is 205 Å². The Balaban J connectivity index is 1.50. The van der Waals surface area contributed by atoms with Gasteiger partial charge in [0.1, 0.15) is 0 Å². The normalized spacial score (nSPS) is 18.1. The molecule has 2 atom stereocenters. The van der Waals surface area contributed by atoms with Crippen LogP contribution in [0.1, 0.15) is 69.4 Å². The van der Waals surface area contributed by atoms with Crippen molar-refractivity contribution in [3.05, 3.63) is 82.9 Å². The molecule has 1 aliphatic rings. The van der Waals surface area contributed by atoms with Crippen LogP contribution in [0.2, 0.25) is 0 Å². The Morgan fingerprint density at radius 3 is 1.91 bits per heavy atom. The fourth-order valence-electron chi connectivity index (χ4n) is 4.92. The van der Waals surface area contributed by atoms with Crippen molar-refractivity contribution in [2.45, 2.75) is 70.8 Å². The molecule has 0 saturated carbocycles. The molecule has 0 spiro atoms. The van der Waals surface area contributed by atoms with E-state index in [0.717, 1.165) is 32.1 Å². The van der Waals surface area contributed by atoms with E-state index >= 15 is 8.78 Å². The van der Waals surface area contributed by atoms with Gasteiger partial charge in [-0.05, 0) is 47.9 Å². The number of rotatable bonds is 8. The van der Waals surface area contributed by atoms with Gasteiger partial charge < -0.3 is 4.74 Å². The van der Waals surface area contributed by atoms with Crippen molar-refractivity contribution in [2.75, 3.05) is 6.61 Å². The first-order valence-electron chi connectivity index (χ1n) is 12.6. The minimum absolute atomic E-state index is 0.138. The van der Waals surface area contributed by atoms with Crippen LogP contribution in [0.15, 0.2) is 48.5 Å². The third-order valence-corrected chi connectivity index (χ3v) is 7.10. The second kappa shape index (κ2) is 11.4. The second-order valence-electron chi connectivity index (χ2n) is 9.39. The lowest BCUT2D eigenvalue weighted by Crippen LogP contribution is -2.25. The van der Waals surface area contributed by atoms with E-state index in [4.69, 9.17) is 4.74 Å². The van der Waals surface area contributed by atoms with Crippen LogP contribution in [-0.4, -0.2) is 12.7 Å². The molecule has 0 amide bonds. The Morgan fingerprint density at radius 1 is 0.714 bits per heavy atom. The Kier molecular flexibility index (Phi) is 8.27. The van der Waals surface area contributed by atoms with E-state index in [1.54, 1.807) is 55.5 Å². The van der Waals surface area contributed by atoms with Gasteiger partial charge in [0.05, 0.1) is 12.7 Å². The average Bonchev–Trinajstić information content (AvgIpc) is 2.88. The molecular weight excluding hydrogens is 452 g/mol. The zero-order valence-electron chi connectivity index (χ0n) is 20.4. The van der Waals surface area contributed by atoms with Crippen molar-refractivity contribution in [1.29, 1.82) is 0 Å². The van der Waals surface area contributed by atoms with Gasteiger partial charge >= 0.3 is 0 Å². The predicted molar refractivity (Wildman–Crippen MR) is 132 cm³/mol. The summed E-state index contributed by atoms with van der Waals surface area (Å²) in [6, 6.07) is 12.7. The van der Waals surface area contributed by atoms with Crippen molar-refractivity contribution < 1.29 is 22.3 Å². The molecule has 0 aliphatic carbocycles. The van der Waals surface area contributed by atoms with Gasteiger partial charge in [0.25, 0.3) is 0 Å². The lowest BCUT2D eigenvalue weighted by Gasteiger charge is -2.29. The highest BCUT2D eigenvalue weighted by molar-refractivity contribution is 5.71. The first-order valence-corrected chi connectivity index (χ1v) is 12.6. The number of benzene rings is 3. The third kappa shape index (κ3) is 5.45. The highest BCUT2D eigenvalue weighted by Crippen LogP contribution is 2.36. The zero-order valence-corrected chi connectivity index (χ0v) is 20.4. The largest absolute Gasteiger partial charge is 0.378 e. The van der Waals surface area contributed by atoms with Gasteiger partial charge in [-0.15, -0.1) is 0 Å². The van der Waals surface area contributed by atoms with Crippen LogP contribution in [0.5, 0.6) is 0 Å². The van der Waals surface area contributed by atoms with Crippen molar-refractivity contribution in [3.63, 3.8) is 0 Å². The molecule has 0 N–H and O–H groups in total. The van der Waals surface area contributed by atoms with Gasteiger partial charge in [0.2, 0.25) is 0 Å². The molecule has 35 heavy (non-hydrogen) atoms. The van der Waals surface area contributed by atoms with Crippen molar-refractivity contribution in [1.82, 2.24) is 0 Å². The summed E-state index contributed by atoms with van der Waals surface area (Å²) in [4.78, 5) is 0. The smallest absolute Gasteiger partial charge is 0.166 e. The second-order valence-corrected chi connectivity index (χ2v) is 9.39. The van der Waals surface area contributed by atoms with Gasteiger partial charge in [-0.2, -0.15) is 0 Å². The van der Waals surface area contributed by atoms with Crippen LogP contribution in [-0.2, 0) is 11.2 Å². The monoisotopic (exact) mass is 484 g/mol. The Hall–Kier alpha value is -2.66. The molecule has 5 heteroatoms. The molecular formula is C30H32F4O. The van der Waals surface area contributed by atoms with Crippen LogP contribution in [0.25, 0.3) is 22.3 Å². The van der Waals surface area contributed by atoms with Crippen molar-refractivity contribution >= 4 is 0 Å². The van der Waals surface area contributed by atoms with Gasteiger partial charge in [-0.1, -0.05) is 81.6 Å². The summed E-state index contributed by atoms with van der Waals surface area (Å²) in [5, 5.41) is 0. The fraction of sp³-hybridized carbons (Fsp3) is 0.400. The lowest BCUT2D eigenvalue weighted by molar-refractivity contribution is -0.00277. The van der Waals surface area contributed by atoms with Crippen LogP contribution < -0.4 is 0 Å². The van der Waals surface area contributed by atoms with Crippen molar-refractivity contribution in [2.24, 2.45) is 0 Å². The number of halogens is 4. The summed E-state index contributed by atoms with van der Waals surface area (Å²) in [7, 11) is 0. The molecule has 2 unspecified atom stereocenters. The first kappa shape index (κ1) is 25.4. The summed E-state index contributed by atoms with van der Waals surface area (Å²) in [5.74, 6) is -3.65. The molecule has 0 radical (unpaired) electrons. The SMILES string of the molecule is CCCCCC1CCC(c2ccc(-c3ccc(-c4ccc(CC)c(F)c4F)cc3)c(F)c2F)CO1. The maximum Gasteiger partial charge on any atom is 0.166 e. The van der Waals surface area contributed by atoms with E-state index in [1.165, 1.54) is 6.42 Å². The molecule has 1 fully saturated rings. The topological polar surface area (TPSA) is 9.23 Å². The number of unbranched alkanes of at least 4 members (excludes halogenated alkanes) is 2. The molecule has 0 aromatic heterocycles. The molecule has 1 aliphatic heterocycles. The van der Waals surface area contributed by atoms with E-state index < -0.39 is 23.3 Å². The molecule has 4 rings (SSSR count). The molecule has 1 nitrogen and oxygen atoms in total. The molecule has 1 saturated heterocycles. The maximum absolute atomic E-state index is 15.1. The molecule has 3 aromatic carbocycles. The number of aryl methyl sites for hydroxylation is 1. The van der Waals surface area contributed by atoms with Crippen LogP contribution in [0, 0.1) is 23.3 Å². The predicted octanol–water partition coefficient (Wildman–Crippen LogP) is 8.98. The first-order chi connectivity index (χ1) is 16.9. The fourth-order valence-corrected chi connectivity index (χ4v) is 4.92. The van der Waals surface area contributed by atoms with E-state index in [2.05, 4.69) is 6.92 Å². The summed E-state index contributed by atoms with van der Waals surface area (Å²) in [5.41, 5.74) is 1.88. The molecule has 186 valence electrons. The Bertz CT molecular complexity index is 1150. The molecule has 3 aromatic rings. The molecule has 0 bridgehead atoms. The summed E-state index contributed by atoms with van der Waals surface area (Å²) in [6.45, 7) is 4.33. The minimum Gasteiger partial charge on any atom is -0.378 e. The maximum atomic E-state index is 15.1. The number of ether oxygens (including phenoxy) is 1. The Morgan fingerprint density at radius 2 is 1.34 bits per heavy atom. The summed E-state index contributed by atoms with van der Waals surface area (Å²) < 4.78 is 64.8. The van der Waals surface area contributed by atoms with Gasteiger partial charge in [0.15, 0.2) is 23.3 Å². The molecule has 1 heterocycles. The standard InChI is InChI=1S/C30H32F4O/c1-3-5-6-7-23-14-12-22(18-35-23)26-17-16-25(29(33)30(26)34)21-10-8-20(9-11-21)24-15-13-19(4-2)27(31)28(24)32/h8-11,13,15-17,22-23H,3-7,12,14,18H2,1-2H3. The van der Waals surface area contributed by atoms with E-state index in [-0.39, 0.29) is 23.1 Å². The van der Waals surface area contributed by atoms with Crippen LogP contribution in [0.3, 0.4) is 0 Å². The summed E-state index contributed by atoms with van der Waals surface area (Å²) in [6.07, 6.45) is 6.74. The van der Waals surface area contributed by atoms with Gasteiger partial charge in [-0.3, -0.25) is 0 Å². The summed E-state index contributed by atoms with van der Waals surface area (Å²) >= 11 is 0. The zero-order chi connectivity index (χ0) is 24.9. The van der Waals surface area contributed by atoms with E-state index in [1.807, 2.05) is 0 Å². The van der Waals surface area contributed by atoms with Crippen LogP contribution >= 0.6 is 0 Å². The highest BCUT2D eigenvalue weighted by Gasteiger charge is 2.27. The number of hydrogen-bond acceptors (Lipinski definition) is 1. The minimum atomic E-state index is -0.902. The number of hydrogen-bond donors (Lipinski definition) is 0. The van der Waals surface area contributed by atoms with Gasteiger partial charge in [0, 0.05) is 17.0 Å².